The number of aromatic nitrogens is 2. The van der Waals surface area contributed by atoms with E-state index >= 15 is 0 Å². The van der Waals surface area contributed by atoms with Crippen LogP contribution in [-0.4, -0.2) is 28.6 Å². The van der Waals surface area contributed by atoms with Gasteiger partial charge in [0.05, 0.1) is 13.3 Å². The fourth-order valence-electron chi connectivity index (χ4n) is 2.33. The van der Waals surface area contributed by atoms with Crippen LogP contribution >= 0.6 is 0 Å². The van der Waals surface area contributed by atoms with Crippen molar-refractivity contribution in [2.75, 3.05) is 12.4 Å². The lowest BCUT2D eigenvalue weighted by Gasteiger charge is -2.09. The lowest BCUT2D eigenvalue weighted by atomic mass is 10.2. The second-order valence-corrected chi connectivity index (χ2v) is 5.27. The molecule has 3 rings (SSSR count). The number of pyridine rings is 1. The molecule has 0 aliphatic heterocycles. The van der Waals surface area contributed by atoms with E-state index in [1.54, 1.807) is 0 Å². The molecule has 1 aromatic carbocycles. The number of nitrogens with zero attached hydrogens (tertiary/aromatic N) is 2. The van der Waals surface area contributed by atoms with E-state index in [-0.39, 0.29) is 23.5 Å². The topological polar surface area (TPSA) is 99.0 Å². The van der Waals surface area contributed by atoms with Crippen molar-refractivity contribution in [3.63, 3.8) is 0 Å². The molecule has 2 heterocycles. The molecule has 0 saturated carbocycles. The summed E-state index contributed by atoms with van der Waals surface area (Å²) in [5.74, 6) is -0.613. The number of hydrogen-bond donors (Lipinski definition) is 1. The van der Waals surface area contributed by atoms with E-state index in [4.69, 9.17) is 4.74 Å². The van der Waals surface area contributed by atoms with Gasteiger partial charge in [-0.2, -0.15) is 0 Å². The Balaban J connectivity index is 1.80. The summed E-state index contributed by atoms with van der Waals surface area (Å²) in [6.45, 7) is 0.0709. The number of fused-ring (bicyclic) bond motifs is 1. The largest absolute Gasteiger partial charge is 0.465 e. The number of carbonyl (C=O) groups excluding carboxylic acids is 2. The van der Waals surface area contributed by atoms with Crippen LogP contribution in [0.1, 0.15) is 15.9 Å². The fourth-order valence-corrected chi connectivity index (χ4v) is 2.33. The molecule has 0 aliphatic carbocycles. The standard InChI is InChI=1S/C18H15N3O5/c1-25-17(23)13-8-5-9-21-15(13)19-10-14(16(21)22)20-18(24)26-11-12-6-3-2-4-7-12/h2-10H,11H2,1H3,(H,20,24). The highest BCUT2D eigenvalue weighted by Gasteiger charge is 2.15. The van der Waals surface area contributed by atoms with Gasteiger partial charge >= 0.3 is 12.1 Å². The van der Waals surface area contributed by atoms with Crippen molar-refractivity contribution in [1.82, 2.24) is 9.38 Å². The van der Waals surface area contributed by atoms with Crippen molar-refractivity contribution in [3.8, 4) is 0 Å². The molecule has 3 aromatic rings. The number of benzene rings is 1. The first kappa shape index (κ1) is 17.2. The first-order valence-electron chi connectivity index (χ1n) is 7.66. The van der Waals surface area contributed by atoms with Gasteiger partial charge in [-0.25, -0.2) is 14.6 Å². The molecule has 0 atom stereocenters. The summed E-state index contributed by atoms with van der Waals surface area (Å²) in [4.78, 5) is 40.2. The normalized spacial score (nSPS) is 10.3. The van der Waals surface area contributed by atoms with Gasteiger partial charge in [0.25, 0.3) is 5.56 Å². The summed E-state index contributed by atoms with van der Waals surface area (Å²) in [7, 11) is 1.24. The number of amides is 1. The number of anilines is 1. The van der Waals surface area contributed by atoms with Gasteiger partial charge < -0.3 is 9.47 Å². The number of carbonyl (C=O) groups is 2. The zero-order valence-corrected chi connectivity index (χ0v) is 13.8. The van der Waals surface area contributed by atoms with E-state index in [9.17, 15) is 14.4 Å². The highest BCUT2D eigenvalue weighted by Crippen LogP contribution is 2.10. The Morgan fingerprint density at radius 3 is 2.65 bits per heavy atom. The van der Waals surface area contributed by atoms with Gasteiger partial charge in [0, 0.05) is 6.20 Å². The van der Waals surface area contributed by atoms with Crippen LogP contribution < -0.4 is 10.9 Å². The summed E-state index contributed by atoms with van der Waals surface area (Å²) in [5, 5.41) is 2.36. The molecule has 0 aliphatic rings. The van der Waals surface area contributed by atoms with Crippen molar-refractivity contribution >= 4 is 23.4 Å². The molecule has 1 N–H and O–H groups in total. The molecular formula is C18H15N3O5. The predicted molar refractivity (Wildman–Crippen MR) is 93.1 cm³/mol. The first-order chi connectivity index (χ1) is 12.6. The summed E-state index contributed by atoms with van der Waals surface area (Å²) >= 11 is 0. The van der Waals surface area contributed by atoms with E-state index in [1.165, 1.54) is 31.6 Å². The number of nitrogens with one attached hydrogen (secondary N) is 1. The first-order valence-corrected chi connectivity index (χ1v) is 7.66. The van der Waals surface area contributed by atoms with Gasteiger partial charge in [-0.3, -0.25) is 14.5 Å². The Hall–Kier alpha value is -3.68. The Bertz CT molecular complexity index is 1010. The quantitative estimate of drug-likeness (QED) is 0.722. The molecule has 8 nitrogen and oxygen atoms in total. The maximum Gasteiger partial charge on any atom is 0.412 e. The van der Waals surface area contributed by atoms with Crippen LogP contribution in [0, 0.1) is 0 Å². The van der Waals surface area contributed by atoms with E-state index in [0.29, 0.717) is 0 Å². The molecule has 2 aromatic heterocycles. The molecule has 0 unspecified atom stereocenters. The summed E-state index contributed by atoms with van der Waals surface area (Å²) in [6, 6.07) is 12.1. The molecular weight excluding hydrogens is 338 g/mol. The molecule has 0 bridgehead atoms. The lowest BCUT2D eigenvalue weighted by molar-refractivity contribution is 0.0602. The van der Waals surface area contributed by atoms with Gasteiger partial charge in [0.15, 0.2) is 5.65 Å². The van der Waals surface area contributed by atoms with Crippen LogP contribution in [0.15, 0.2) is 59.7 Å². The second kappa shape index (κ2) is 7.47. The third kappa shape index (κ3) is 3.54. The summed E-state index contributed by atoms with van der Waals surface area (Å²) in [5.41, 5.74) is 0.483. The van der Waals surface area contributed by atoms with Crippen molar-refractivity contribution in [1.29, 1.82) is 0 Å². The number of ether oxygens (including phenoxy) is 2. The van der Waals surface area contributed by atoms with E-state index in [0.717, 1.165) is 9.96 Å². The van der Waals surface area contributed by atoms with Crippen molar-refractivity contribution in [2.24, 2.45) is 0 Å². The van der Waals surface area contributed by atoms with Gasteiger partial charge in [0.2, 0.25) is 0 Å². The van der Waals surface area contributed by atoms with Gasteiger partial charge in [-0.05, 0) is 17.7 Å². The minimum Gasteiger partial charge on any atom is -0.465 e. The molecule has 26 heavy (non-hydrogen) atoms. The monoisotopic (exact) mass is 353 g/mol. The summed E-state index contributed by atoms with van der Waals surface area (Å²) < 4.78 is 10.9. The van der Waals surface area contributed by atoms with Gasteiger partial charge in [-0.15, -0.1) is 0 Å². The molecule has 0 fully saturated rings. The van der Waals surface area contributed by atoms with E-state index in [2.05, 4.69) is 15.0 Å². The highest BCUT2D eigenvalue weighted by molar-refractivity contribution is 5.95. The minimum atomic E-state index is -0.781. The van der Waals surface area contributed by atoms with E-state index < -0.39 is 17.6 Å². The highest BCUT2D eigenvalue weighted by atomic mass is 16.5. The Labute approximate surface area is 148 Å². The third-order valence-electron chi connectivity index (χ3n) is 3.59. The molecule has 0 spiro atoms. The predicted octanol–water partition coefficient (Wildman–Crippen LogP) is 2.23. The Morgan fingerprint density at radius 2 is 1.92 bits per heavy atom. The SMILES string of the molecule is COC(=O)c1cccn2c(=O)c(NC(=O)OCc3ccccc3)cnc12. The fraction of sp³-hybridized carbons (Fsp3) is 0.111. The van der Waals surface area contributed by atoms with Crippen LogP contribution in [-0.2, 0) is 16.1 Å². The average Bonchev–Trinajstić information content (AvgIpc) is 2.68. The number of rotatable bonds is 4. The minimum absolute atomic E-state index is 0.0671. The third-order valence-corrected chi connectivity index (χ3v) is 3.59. The zero-order chi connectivity index (χ0) is 18.5. The van der Waals surface area contributed by atoms with Crippen molar-refractivity contribution < 1.29 is 19.1 Å². The van der Waals surface area contributed by atoms with Crippen LogP contribution in [0.25, 0.3) is 5.65 Å². The molecule has 0 saturated heterocycles. The maximum atomic E-state index is 12.5. The summed E-state index contributed by atoms with van der Waals surface area (Å²) in [6.07, 6.45) is 1.84. The van der Waals surface area contributed by atoms with Crippen molar-refractivity contribution in [2.45, 2.75) is 6.61 Å². The van der Waals surface area contributed by atoms with Crippen LogP contribution in [0.4, 0.5) is 10.5 Å². The number of methoxy groups -OCH3 is 1. The van der Waals surface area contributed by atoms with Crippen LogP contribution in [0.5, 0.6) is 0 Å². The lowest BCUT2D eigenvalue weighted by Crippen LogP contribution is -2.24. The zero-order valence-electron chi connectivity index (χ0n) is 13.8. The van der Waals surface area contributed by atoms with E-state index in [1.807, 2.05) is 30.3 Å². The number of esters is 1. The van der Waals surface area contributed by atoms with Gasteiger partial charge in [0.1, 0.15) is 17.9 Å². The Kier molecular flexibility index (Phi) is 4.93. The van der Waals surface area contributed by atoms with Gasteiger partial charge in [-0.1, -0.05) is 30.3 Å². The average molecular weight is 353 g/mol. The van der Waals surface area contributed by atoms with Crippen molar-refractivity contribution in [3.05, 3.63) is 76.3 Å². The molecule has 1 amide bonds. The van der Waals surface area contributed by atoms with Crippen LogP contribution in [0.2, 0.25) is 0 Å². The smallest absolute Gasteiger partial charge is 0.412 e. The maximum absolute atomic E-state index is 12.5. The number of hydrogen-bond acceptors (Lipinski definition) is 6. The Morgan fingerprint density at radius 1 is 1.15 bits per heavy atom. The molecule has 132 valence electrons. The molecule has 0 radical (unpaired) electrons. The molecule has 8 heteroatoms. The van der Waals surface area contributed by atoms with Crippen LogP contribution in [0.3, 0.4) is 0 Å². The second-order valence-electron chi connectivity index (χ2n) is 5.27.